The zero-order chi connectivity index (χ0) is 26.5. The van der Waals surface area contributed by atoms with Gasteiger partial charge in [0, 0.05) is 11.1 Å². The monoisotopic (exact) mass is 496 g/mol. The number of fused-ring (bicyclic) bond motifs is 1. The van der Waals surface area contributed by atoms with Crippen molar-refractivity contribution in [3.05, 3.63) is 142 Å². The van der Waals surface area contributed by atoms with E-state index in [4.69, 9.17) is 0 Å². The van der Waals surface area contributed by atoms with E-state index in [0.29, 0.717) is 5.56 Å². The van der Waals surface area contributed by atoms with E-state index in [1.165, 1.54) is 33.0 Å². The summed E-state index contributed by atoms with van der Waals surface area (Å²) in [5.41, 5.74) is 9.91. The molecule has 0 N–H and O–H groups in total. The van der Waals surface area contributed by atoms with Crippen molar-refractivity contribution in [3.8, 4) is 23.0 Å². The lowest BCUT2D eigenvalue weighted by Gasteiger charge is -2.08. The zero-order valence-electron chi connectivity index (χ0n) is 22.4. The van der Waals surface area contributed by atoms with Gasteiger partial charge in [-0.25, -0.2) is 4.39 Å². The summed E-state index contributed by atoms with van der Waals surface area (Å²) in [6.45, 7) is 6.07. The molecule has 0 heterocycles. The lowest BCUT2D eigenvalue weighted by molar-refractivity contribution is 0.617. The van der Waals surface area contributed by atoms with Crippen LogP contribution in [-0.2, 0) is 19.3 Å². The fourth-order valence-corrected chi connectivity index (χ4v) is 4.89. The average molecular weight is 497 g/mol. The number of benzene rings is 5. The minimum absolute atomic E-state index is 0.195. The highest BCUT2D eigenvalue weighted by molar-refractivity contribution is 5.88. The van der Waals surface area contributed by atoms with Gasteiger partial charge >= 0.3 is 0 Å². The van der Waals surface area contributed by atoms with Crippen LogP contribution in [0.2, 0.25) is 0 Å². The predicted molar refractivity (Wildman–Crippen MR) is 159 cm³/mol. The van der Waals surface area contributed by atoms with Crippen LogP contribution in [0.15, 0.2) is 97.1 Å². The van der Waals surface area contributed by atoms with Gasteiger partial charge in [-0.2, -0.15) is 0 Å². The first-order valence-corrected chi connectivity index (χ1v) is 13.5. The molecule has 0 unspecified atom stereocenters. The van der Waals surface area contributed by atoms with E-state index in [2.05, 4.69) is 98.5 Å². The summed E-state index contributed by atoms with van der Waals surface area (Å²) in [6, 6.07) is 34.1. The summed E-state index contributed by atoms with van der Waals surface area (Å²) >= 11 is 0. The van der Waals surface area contributed by atoms with Crippen molar-refractivity contribution >= 4 is 10.8 Å². The molecule has 5 aromatic rings. The molecule has 0 saturated carbocycles. The van der Waals surface area contributed by atoms with Crippen LogP contribution in [0, 0.1) is 31.5 Å². The lowest BCUT2D eigenvalue weighted by Crippen LogP contribution is -1.94. The Morgan fingerprint density at radius 3 is 2.03 bits per heavy atom. The summed E-state index contributed by atoms with van der Waals surface area (Å²) in [5, 5.41) is 2.51. The second-order valence-corrected chi connectivity index (χ2v) is 10.2. The minimum Gasteiger partial charge on any atom is -0.207 e. The van der Waals surface area contributed by atoms with Crippen LogP contribution >= 0.6 is 0 Å². The van der Waals surface area contributed by atoms with Crippen LogP contribution in [0.1, 0.15) is 52.3 Å². The normalized spacial score (nSPS) is 10.8. The lowest BCUT2D eigenvalue weighted by atomic mass is 9.97. The molecule has 0 aromatic heterocycles. The number of halogens is 1. The third kappa shape index (κ3) is 6.04. The summed E-state index contributed by atoms with van der Waals surface area (Å²) in [6.07, 6.45) is 4.01. The van der Waals surface area contributed by atoms with Crippen LogP contribution in [0.3, 0.4) is 0 Å². The van der Waals surface area contributed by atoms with E-state index in [1.54, 1.807) is 6.07 Å². The van der Waals surface area contributed by atoms with Gasteiger partial charge in [-0.05, 0) is 102 Å². The molecule has 0 amide bonds. The van der Waals surface area contributed by atoms with Gasteiger partial charge in [0.05, 0.1) is 0 Å². The van der Waals surface area contributed by atoms with E-state index in [0.717, 1.165) is 47.9 Å². The van der Waals surface area contributed by atoms with Gasteiger partial charge in [-0.1, -0.05) is 104 Å². The molecule has 0 aliphatic rings. The van der Waals surface area contributed by atoms with Crippen molar-refractivity contribution in [1.29, 1.82) is 0 Å². The second-order valence-electron chi connectivity index (χ2n) is 10.2. The zero-order valence-corrected chi connectivity index (χ0v) is 22.4. The quantitative estimate of drug-likeness (QED) is 0.205. The highest BCUT2D eigenvalue weighted by Crippen LogP contribution is 2.26. The first kappa shape index (κ1) is 25.5. The maximum Gasteiger partial charge on any atom is 0.127 e. The molecule has 0 saturated heterocycles. The molecule has 5 rings (SSSR count). The van der Waals surface area contributed by atoms with Gasteiger partial charge in [0.15, 0.2) is 0 Å². The smallest absolute Gasteiger partial charge is 0.127 e. The molecule has 188 valence electrons. The largest absolute Gasteiger partial charge is 0.207 e. The van der Waals surface area contributed by atoms with Crippen LogP contribution in [0.4, 0.5) is 4.39 Å². The molecule has 5 aromatic carbocycles. The number of hydrogen-bond acceptors (Lipinski definition) is 0. The Hall–Kier alpha value is -4.15. The fourth-order valence-electron chi connectivity index (χ4n) is 4.89. The van der Waals surface area contributed by atoms with Crippen molar-refractivity contribution in [2.45, 2.75) is 46.5 Å². The topological polar surface area (TPSA) is 0 Å². The molecule has 0 bridgehead atoms. The van der Waals surface area contributed by atoms with E-state index in [9.17, 15) is 4.39 Å². The van der Waals surface area contributed by atoms with Crippen molar-refractivity contribution in [1.82, 2.24) is 0 Å². The Morgan fingerprint density at radius 1 is 0.605 bits per heavy atom. The third-order valence-electron chi connectivity index (χ3n) is 7.19. The molecule has 0 radical (unpaired) electrons. The highest BCUT2D eigenvalue weighted by atomic mass is 19.1. The molecule has 0 nitrogen and oxygen atoms in total. The van der Waals surface area contributed by atoms with Gasteiger partial charge in [0.2, 0.25) is 0 Å². The average Bonchev–Trinajstić information content (AvgIpc) is 2.94. The van der Waals surface area contributed by atoms with Crippen molar-refractivity contribution in [3.63, 3.8) is 0 Å². The highest BCUT2D eigenvalue weighted by Gasteiger charge is 2.06. The first-order valence-electron chi connectivity index (χ1n) is 13.5. The molecule has 0 spiro atoms. The minimum atomic E-state index is -0.195. The van der Waals surface area contributed by atoms with Crippen molar-refractivity contribution in [2.24, 2.45) is 0 Å². The Balaban J connectivity index is 1.31. The number of rotatable bonds is 6. The summed E-state index contributed by atoms with van der Waals surface area (Å²) in [4.78, 5) is 0. The van der Waals surface area contributed by atoms with Crippen LogP contribution in [-0.4, -0.2) is 0 Å². The summed E-state index contributed by atoms with van der Waals surface area (Å²) < 4.78 is 14.2. The molecular weight excluding hydrogens is 463 g/mol. The van der Waals surface area contributed by atoms with Crippen LogP contribution < -0.4 is 0 Å². The molecule has 0 fully saturated rings. The molecule has 38 heavy (non-hydrogen) atoms. The Labute approximate surface area is 226 Å². The van der Waals surface area contributed by atoms with Gasteiger partial charge in [0.25, 0.3) is 0 Å². The Kier molecular flexibility index (Phi) is 7.71. The van der Waals surface area contributed by atoms with Gasteiger partial charge in [-0.15, -0.1) is 0 Å². The standard InChI is InChI=1S/C37H33F/c1-4-5-32-22-27(3)37(38)25-36(32)18-14-29-12-16-31(17-13-29)34-21-20-33-23-30(15-19-35(33)24-34)11-10-28-8-6-26(2)7-9-28/h6-9,12-13,15-17,19-25H,4-5,10-11H2,1-3H3. The van der Waals surface area contributed by atoms with Gasteiger partial charge < -0.3 is 0 Å². The van der Waals surface area contributed by atoms with Crippen LogP contribution in [0.25, 0.3) is 21.9 Å². The van der Waals surface area contributed by atoms with E-state index in [1.807, 2.05) is 25.1 Å². The Morgan fingerprint density at radius 2 is 1.26 bits per heavy atom. The number of aryl methyl sites for hydroxylation is 5. The summed E-state index contributed by atoms with van der Waals surface area (Å²) in [5.74, 6) is 6.24. The van der Waals surface area contributed by atoms with Crippen molar-refractivity contribution in [2.75, 3.05) is 0 Å². The first-order chi connectivity index (χ1) is 18.5. The van der Waals surface area contributed by atoms with Crippen molar-refractivity contribution < 1.29 is 4.39 Å². The maximum atomic E-state index is 14.2. The SMILES string of the molecule is CCCc1cc(C)c(F)cc1C#Cc1ccc(-c2ccc3cc(CCc4ccc(C)cc4)ccc3c2)cc1. The molecule has 1 heteroatoms. The molecular formula is C37H33F. The predicted octanol–water partition coefficient (Wildman–Crippen LogP) is 9.40. The summed E-state index contributed by atoms with van der Waals surface area (Å²) in [7, 11) is 0. The number of hydrogen-bond donors (Lipinski definition) is 0. The van der Waals surface area contributed by atoms with Crippen LogP contribution in [0.5, 0.6) is 0 Å². The third-order valence-corrected chi connectivity index (χ3v) is 7.19. The second kappa shape index (κ2) is 11.5. The molecule has 0 atom stereocenters. The maximum absolute atomic E-state index is 14.2. The fraction of sp³-hybridized carbons (Fsp3) is 0.189. The van der Waals surface area contributed by atoms with Gasteiger partial charge in [-0.3, -0.25) is 0 Å². The van der Waals surface area contributed by atoms with Gasteiger partial charge in [0.1, 0.15) is 5.82 Å². The molecule has 0 aliphatic heterocycles. The van der Waals surface area contributed by atoms with E-state index < -0.39 is 0 Å². The van der Waals surface area contributed by atoms with E-state index in [-0.39, 0.29) is 5.82 Å². The van der Waals surface area contributed by atoms with E-state index >= 15 is 0 Å². The Bertz CT molecular complexity index is 1630. The molecule has 0 aliphatic carbocycles.